The smallest absolute Gasteiger partial charge is 0.259 e. The molecule has 0 spiro atoms. The van der Waals surface area contributed by atoms with Gasteiger partial charge in [-0.1, -0.05) is 0 Å². The summed E-state index contributed by atoms with van der Waals surface area (Å²) >= 11 is 4.71. The molecule has 0 unspecified atom stereocenters. The van der Waals surface area contributed by atoms with E-state index in [1.807, 2.05) is 0 Å². The zero-order valence-corrected chi connectivity index (χ0v) is 6.95. The second kappa shape index (κ2) is 2.81. The van der Waals surface area contributed by atoms with E-state index in [0.717, 1.165) is 0 Å². The third-order valence-corrected chi connectivity index (χ3v) is 2.23. The van der Waals surface area contributed by atoms with Gasteiger partial charge in [0.15, 0.2) is 12.3 Å². The fraction of sp³-hybridized carbons (Fsp3) is 0.833. The molecule has 2 aliphatic heterocycles. The Kier molecular flexibility index (Phi) is 1.91. The molecule has 0 amide bonds. The van der Waals surface area contributed by atoms with Crippen LogP contribution in [0.15, 0.2) is 0 Å². The molecule has 0 aromatic rings. The van der Waals surface area contributed by atoms with Gasteiger partial charge in [-0.25, -0.2) is 0 Å². The average molecular weight is 191 g/mol. The Bertz CT molecular complexity index is 212. The van der Waals surface area contributed by atoms with Crippen molar-refractivity contribution in [3.05, 3.63) is 0 Å². The van der Waals surface area contributed by atoms with Gasteiger partial charge >= 0.3 is 0 Å². The lowest BCUT2D eigenvalue weighted by atomic mass is 10.1. The van der Waals surface area contributed by atoms with Crippen LogP contribution in [0.3, 0.4) is 0 Å². The molecule has 3 N–H and O–H groups in total. The van der Waals surface area contributed by atoms with Gasteiger partial charge in [-0.2, -0.15) is 0 Å². The van der Waals surface area contributed by atoms with Crippen molar-refractivity contribution in [3.8, 4) is 0 Å². The molecule has 2 rings (SSSR count). The lowest BCUT2D eigenvalue weighted by Gasteiger charge is -2.13. The first kappa shape index (κ1) is 8.18. The summed E-state index contributed by atoms with van der Waals surface area (Å²) in [6.45, 7) is -0.216. The Morgan fingerprint density at radius 1 is 1.58 bits per heavy atom. The van der Waals surface area contributed by atoms with Crippen molar-refractivity contribution in [1.82, 2.24) is 5.32 Å². The maximum absolute atomic E-state index is 9.47. The first-order valence-electron chi connectivity index (χ1n) is 3.64. The molecule has 0 bridgehead atoms. The van der Waals surface area contributed by atoms with E-state index in [2.05, 4.69) is 5.32 Å². The highest BCUT2D eigenvalue weighted by Gasteiger charge is 2.49. The summed E-state index contributed by atoms with van der Waals surface area (Å²) in [4.78, 5) is 0. The lowest BCUT2D eigenvalue weighted by molar-refractivity contribution is -0.0263. The summed E-state index contributed by atoms with van der Waals surface area (Å²) in [5.74, 6) is 0. The van der Waals surface area contributed by atoms with Crippen molar-refractivity contribution < 1.29 is 19.7 Å². The van der Waals surface area contributed by atoms with Crippen molar-refractivity contribution in [2.75, 3.05) is 6.61 Å². The zero-order valence-electron chi connectivity index (χ0n) is 6.14. The number of ether oxygens (including phenoxy) is 2. The van der Waals surface area contributed by atoms with Gasteiger partial charge in [0.2, 0.25) is 0 Å². The molecule has 2 heterocycles. The van der Waals surface area contributed by atoms with Crippen molar-refractivity contribution in [2.45, 2.75) is 24.5 Å². The van der Waals surface area contributed by atoms with Crippen molar-refractivity contribution in [3.63, 3.8) is 0 Å². The molecule has 6 heteroatoms. The Morgan fingerprint density at radius 2 is 2.33 bits per heavy atom. The van der Waals surface area contributed by atoms with E-state index in [-0.39, 0.29) is 11.8 Å². The monoisotopic (exact) mass is 191 g/mol. The highest BCUT2D eigenvalue weighted by Crippen LogP contribution is 2.26. The van der Waals surface area contributed by atoms with Crippen LogP contribution in [0, 0.1) is 0 Å². The molecular formula is C6H9NO4S. The molecule has 0 aromatic heterocycles. The highest BCUT2D eigenvalue weighted by atomic mass is 32.1. The molecule has 0 radical (unpaired) electrons. The predicted molar refractivity (Wildman–Crippen MR) is 42.4 cm³/mol. The van der Waals surface area contributed by atoms with Gasteiger partial charge in [-0.15, -0.1) is 0 Å². The maximum Gasteiger partial charge on any atom is 0.259 e. The molecule has 0 saturated carbocycles. The minimum absolute atomic E-state index is 0.216. The van der Waals surface area contributed by atoms with E-state index in [9.17, 15) is 5.11 Å². The number of hydrogen-bond donors (Lipinski definition) is 3. The van der Waals surface area contributed by atoms with Gasteiger partial charge in [0.25, 0.3) is 5.17 Å². The minimum atomic E-state index is -0.812. The predicted octanol–water partition coefficient (Wildman–Crippen LogP) is -1.66. The number of aliphatic hydroxyl groups is 2. The van der Waals surface area contributed by atoms with E-state index >= 15 is 0 Å². The fourth-order valence-electron chi connectivity index (χ4n) is 1.41. The Hall–Kier alpha value is -0.430. The van der Waals surface area contributed by atoms with E-state index in [0.29, 0.717) is 0 Å². The largest absolute Gasteiger partial charge is 0.460 e. The number of nitrogens with one attached hydrogen (secondary N) is 1. The van der Waals surface area contributed by atoms with Crippen LogP contribution in [-0.2, 0) is 9.47 Å². The topological polar surface area (TPSA) is 71.0 Å². The lowest BCUT2D eigenvalue weighted by Crippen LogP contribution is -2.33. The van der Waals surface area contributed by atoms with Crippen molar-refractivity contribution >= 4 is 17.4 Å². The molecule has 5 nitrogen and oxygen atoms in total. The average Bonchev–Trinajstić information content (AvgIpc) is 2.51. The molecule has 2 fully saturated rings. The van der Waals surface area contributed by atoms with Crippen LogP contribution in [0.4, 0.5) is 0 Å². The zero-order chi connectivity index (χ0) is 8.72. The van der Waals surface area contributed by atoms with Gasteiger partial charge in [0, 0.05) is 0 Å². The van der Waals surface area contributed by atoms with E-state index in [1.54, 1.807) is 0 Å². The van der Waals surface area contributed by atoms with Gasteiger partial charge in [0.05, 0.1) is 6.61 Å². The molecule has 2 saturated heterocycles. The Morgan fingerprint density at radius 3 is 2.92 bits per heavy atom. The van der Waals surface area contributed by atoms with Crippen LogP contribution >= 0.6 is 12.2 Å². The highest BCUT2D eigenvalue weighted by molar-refractivity contribution is 7.80. The summed E-state index contributed by atoms with van der Waals surface area (Å²) in [6, 6.07) is 0. The van der Waals surface area contributed by atoms with Gasteiger partial charge in [-0.05, 0) is 12.2 Å². The van der Waals surface area contributed by atoms with Crippen LogP contribution in [0.2, 0.25) is 0 Å². The summed E-state index contributed by atoms with van der Waals surface area (Å²) in [5.41, 5.74) is 0. The van der Waals surface area contributed by atoms with Crippen LogP contribution in [0.25, 0.3) is 0 Å². The van der Waals surface area contributed by atoms with E-state index in [4.69, 9.17) is 26.8 Å². The van der Waals surface area contributed by atoms with Crippen LogP contribution < -0.4 is 5.32 Å². The van der Waals surface area contributed by atoms with E-state index < -0.39 is 24.5 Å². The maximum atomic E-state index is 9.47. The standard InChI is InChI=1S/C6H9NO4S/c8-1-2-3(9)4-5(10-2)7-6(12)11-4/h2-5,8-9H,1H2,(H,7,12)/t2-,3+,4-,5+/m1/s1. The Balaban J connectivity index is 2.08. The summed E-state index contributed by atoms with van der Waals surface area (Å²) < 4.78 is 10.3. The first-order chi connectivity index (χ1) is 5.72. The molecular weight excluding hydrogens is 182 g/mol. The number of aliphatic hydroxyl groups excluding tert-OH is 2. The number of thiocarbonyl (C=S) groups is 1. The van der Waals surface area contributed by atoms with Crippen LogP contribution in [0.1, 0.15) is 0 Å². The summed E-state index contributed by atoms with van der Waals surface area (Å²) in [5, 5.41) is 21.2. The van der Waals surface area contributed by atoms with Gasteiger partial charge in [-0.3, -0.25) is 0 Å². The normalized spacial score (nSPS) is 45.3. The van der Waals surface area contributed by atoms with Gasteiger partial charge in [0.1, 0.15) is 12.2 Å². The summed E-state index contributed by atoms with van der Waals surface area (Å²) in [7, 11) is 0. The molecule has 0 aliphatic carbocycles. The molecule has 68 valence electrons. The third-order valence-electron chi connectivity index (χ3n) is 2.02. The molecule has 12 heavy (non-hydrogen) atoms. The SMILES string of the molecule is OC[C@H]1O[C@@H]2NC(=S)O[C@@H]2[C@H]1O. The minimum Gasteiger partial charge on any atom is -0.460 e. The van der Waals surface area contributed by atoms with Gasteiger partial charge < -0.3 is 25.0 Å². The molecule has 0 aromatic carbocycles. The second-order valence-electron chi connectivity index (χ2n) is 2.78. The first-order valence-corrected chi connectivity index (χ1v) is 4.04. The number of rotatable bonds is 1. The summed E-state index contributed by atoms with van der Waals surface area (Å²) in [6.07, 6.45) is -2.28. The van der Waals surface area contributed by atoms with Crippen LogP contribution in [0.5, 0.6) is 0 Å². The number of fused-ring (bicyclic) bond motifs is 1. The quantitative estimate of drug-likeness (QED) is 0.431. The second-order valence-corrected chi connectivity index (χ2v) is 3.15. The van der Waals surface area contributed by atoms with Crippen LogP contribution in [-0.4, -0.2) is 46.5 Å². The molecule has 4 atom stereocenters. The fourth-order valence-corrected chi connectivity index (χ4v) is 1.64. The molecule has 2 aliphatic rings. The van der Waals surface area contributed by atoms with Crippen molar-refractivity contribution in [2.24, 2.45) is 0 Å². The van der Waals surface area contributed by atoms with Crippen molar-refractivity contribution in [1.29, 1.82) is 0 Å². The third kappa shape index (κ3) is 1.08. The van der Waals surface area contributed by atoms with E-state index in [1.165, 1.54) is 0 Å². The number of hydrogen-bond acceptors (Lipinski definition) is 5. The Labute approximate surface area is 74.3 Å².